The number of carbonyl (C=O) groups is 2. The van der Waals surface area contributed by atoms with Crippen molar-refractivity contribution < 1.29 is 19.4 Å². The molecule has 0 bridgehead atoms. The number of rotatable bonds is 3. The van der Waals surface area contributed by atoms with Crippen LogP contribution in [0.25, 0.3) is 0 Å². The van der Waals surface area contributed by atoms with Crippen molar-refractivity contribution in [1.82, 2.24) is 0 Å². The van der Waals surface area contributed by atoms with Gasteiger partial charge < -0.3 is 15.2 Å². The van der Waals surface area contributed by atoms with Gasteiger partial charge in [0.15, 0.2) is 0 Å². The van der Waals surface area contributed by atoms with Crippen molar-refractivity contribution in [1.29, 1.82) is 0 Å². The lowest BCUT2D eigenvalue weighted by Gasteiger charge is -2.13. The Morgan fingerprint density at radius 3 is 2.47 bits per heavy atom. The van der Waals surface area contributed by atoms with E-state index in [9.17, 15) is 9.59 Å². The predicted octanol–water partition coefficient (Wildman–Crippen LogP) is 1.81. The van der Waals surface area contributed by atoms with Crippen LogP contribution in [0.4, 0.5) is 5.69 Å². The van der Waals surface area contributed by atoms with E-state index in [0.29, 0.717) is 11.4 Å². The van der Waals surface area contributed by atoms with E-state index in [1.165, 1.54) is 0 Å². The molecule has 0 unspecified atom stereocenters. The average Bonchev–Trinajstić information content (AvgIpc) is 2.21. The van der Waals surface area contributed by atoms with E-state index in [0.717, 1.165) is 5.56 Å². The lowest BCUT2D eigenvalue weighted by molar-refractivity contribution is -0.147. The average molecular weight is 237 g/mol. The number of amides is 1. The third kappa shape index (κ3) is 3.79. The van der Waals surface area contributed by atoms with Crippen LogP contribution in [0.3, 0.4) is 0 Å². The van der Waals surface area contributed by atoms with Crippen LogP contribution in [0.1, 0.15) is 19.4 Å². The molecule has 0 aliphatic carbocycles. The molecule has 2 N–H and O–H groups in total. The molecular weight excluding hydrogens is 222 g/mol. The molecule has 0 aromatic heterocycles. The Kier molecular flexibility index (Phi) is 4.09. The normalized spacial score (nSPS) is 10.1. The number of hydrogen-bond acceptors (Lipinski definition) is 3. The first-order chi connectivity index (χ1) is 7.90. The highest BCUT2D eigenvalue weighted by atomic mass is 16.5. The molecule has 0 heterocycles. The third-order valence-corrected chi connectivity index (χ3v) is 1.99. The minimum Gasteiger partial charge on any atom is -0.491 e. The molecule has 1 rings (SSSR count). The summed E-state index contributed by atoms with van der Waals surface area (Å²) in [5.74, 6) is -1.85. The van der Waals surface area contributed by atoms with Gasteiger partial charge in [0, 0.05) is 5.69 Å². The Labute approximate surface area is 99.4 Å². The van der Waals surface area contributed by atoms with Crippen molar-refractivity contribution in [3.63, 3.8) is 0 Å². The van der Waals surface area contributed by atoms with Crippen LogP contribution < -0.4 is 10.1 Å². The third-order valence-electron chi connectivity index (χ3n) is 1.99. The van der Waals surface area contributed by atoms with Gasteiger partial charge in [-0.3, -0.25) is 4.79 Å². The van der Waals surface area contributed by atoms with Crippen molar-refractivity contribution in [3.05, 3.63) is 23.8 Å². The number of hydrogen-bond donors (Lipinski definition) is 2. The molecule has 1 aromatic rings. The van der Waals surface area contributed by atoms with E-state index in [4.69, 9.17) is 9.84 Å². The number of carbonyl (C=O) groups excluding carboxylic acids is 1. The Morgan fingerprint density at radius 1 is 1.35 bits per heavy atom. The predicted molar refractivity (Wildman–Crippen MR) is 63.2 cm³/mol. The molecule has 0 fully saturated rings. The van der Waals surface area contributed by atoms with E-state index in [2.05, 4.69) is 5.32 Å². The van der Waals surface area contributed by atoms with Crippen molar-refractivity contribution >= 4 is 17.6 Å². The highest BCUT2D eigenvalue weighted by Gasteiger charge is 2.11. The zero-order chi connectivity index (χ0) is 13.0. The van der Waals surface area contributed by atoms with Gasteiger partial charge in [0.2, 0.25) is 0 Å². The van der Waals surface area contributed by atoms with Gasteiger partial charge in [0.25, 0.3) is 0 Å². The topological polar surface area (TPSA) is 75.6 Å². The number of aliphatic carboxylic acids is 1. The van der Waals surface area contributed by atoms with Crippen LogP contribution >= 0.6 is 0 Å². The summed E-state index contributed by atoms with van der Waals surface area (Å²) in [6.45, 7) is 5.66. The molecule has 0 saturated carbocycles. The van der Waals surface area contributed by atoms with Crippen molar-refractivity contribution in [3.8, 4) is 5.75 Å². The van der Waals surface area contributed by atoms with E-state index >= 15 is 0 Å². The van der Waals surface area contributed by atoms with Crippen LogP contribution in [-0.2, 0) is 9.59 Å². The Morgan fingerprint density at radius 2 is 2.00 bits per heavy atom. The number of aryl methyl sites for hydroxylation is 1. The molecule has 0 spiro atoms. The summed E-state index contributed by atoms with van der Waals surface area (Å²) in [7, 11) is 0. The van der Waals surface area contributed by atoms with Crippen LogP contribution in [0.15, 0.2) is 18.2 Å². The molecular formula is C12H15NO4. The number of anilines is 1. The summed E-state index contributed by atoms with van der Waals surface area (Å²) in [6.07, 6.45) is 0.0631. The number of carboxylic acid groups (broad SMARTS) is 1. The van der Waals surface area contributed by atoms with Crippen LogP contribution in [0.5, 0.6) is 5.75 Å². The zero-order valence-electron chi connectivity index (χ0n) is 9.98. The maximum absolute atomic E-state index is 10.9. The lowest BCUT2D eigenvalue weighted by atomic mass is 10.2. The largest absolute Gasteiger partial charge is 0.491 e. The van der Waals surface area contributed by atoms with Crippen molar-refractivity contribution in [2.24, 2.45) is 0 Å². The first kappa shape index (κ1) is 13.0. The highest BCUT2D eigenvalue weighted by molar-refractivity contribution is 6.36. The Balaban J connectivity index is 2.82. The monoisotopic (exact) mass is 237 g/mol. The SMILES string of the molecule is Cc1cc(NC(=O)C(=O)O)ccc1OC(C)C. The molecule has 0 aliphatic heterocycles. The molecule has 92 valence electrons. The second-order valence-electron chi connectivity index (χ2n) is 3.91. The van der Waals surface area contributed by atoms with Gasteiger partial charge in [-0.05, 0) is 44.5 Å². The van der Waals surface area contributed by atoms with Gasteiger partial charge in [-0.25, -0.2) is 4.79 Å². The summed E-state index contributed by atoms with van der Waals surface area (Å²) in [6, 6.07) is 4.97. The molecule has 0 radical (unpaired) electrons. The first-order valence-electron chi connectivity index (χ1n) is 5.21. The van der Waals surface area contributed by atoms with E-state index in [1.807, 2.05) is 20.8 Å². The summed E-state index contributed by atoms with van der Waals surface area (Å²) >= 11 is 0. The van der Waals surface area contributed by atoms with E-state index < -0.39 is 11.9 Å². The van der Waals surface area contributed by atoms with E-state index in [1.54, 1.807) is 18.2 Å². The molecule has 1 aromatic carbocycles. The molecule has 5 heteroatoms. The highest BCUT2D eigenvalue weighted by Crippen LogP contribution is 2.22. The number of carboxylic acids is 1. The summed E-state index contributed by atoms with van der Waals surface area (Å²) in [5, 5.41) is 10.7. The molecule has 1 amide bonds. The number of benzene rings is 1. The maximum Gasteiger partial charge on any atom is 0.394 e. The fraction of sp³-hybridized carbons (Fsp3) is 0.333. The summed E-state index contributed by atoms with van der Waals surface area (Å²) in [5.41, 5.74) is 1.27. The lowest BCUT2D eigenvalue weighted by Crippen LogP contribution is -2.21. The van der Waals surface area contributed by atoms with Crippen molar-refractivity contribution in [2.75, 3.05) is 5.32 Å². The second-order valence-corrected chi connectivity index (χ2v) is 3.91. The fourth-order valence-electron chi connectivity index (χ4n) is 1.30. The maximum atomic E-state index is 10.9. The van der Waals surface area contributed by atoms with Gasteiger partial charge in [0.05, 0.1) is 6.10 Å². The smallest absolute Gasteiger partial charge is 0.394 e. The van der Waals surface area contributed by atoms with Gasteiger partial charge in [-0.15, -0.1) is 0 Å². The zero-order valence-corrected chi connectivity index (χ0v) is 9.98. The van der Waals surface area contributed by atoms with Gasteiger partial charge >= 0.3 is 11.9 Å². The molecule has 0 saturated heterocycles. The molecule has 0 atom stereocenters. The first-order valence-corrected chi connectivity index (χ1v) is 5.21. The van der Waals surface area contributed by atoms with Crippen LogP contribution in [0.2, 0.25) is 0 Å². The van der Waals surface area contributed by atoms with Gasteiger partial charge in [-0.1, -0.05) is 0 Å². The molecule has 5 nitrogen and oxygen atoms in total. The van der Waals surface area contributed by atoms with Gasteiger partial charge in [-0.2, -0.15) is 0 Å². The minimum atomic E-state index is -1.51. The van der Waals surface area contributed by atoms with E-state index in [-0.39, 0.29) is 6.10 Å². The summed E-state index contributed by atoms with van der Waals surface area (Å²) < 4.78 is 5.52. The fourth-order valence-corrected chi connectivity index (χ4v) is 1.30. The number of nitrogens with one attached hydrogen (secondary N) is 1. The second kappa shape index (κ2) is 5.34. The molecule has 17 heavy (non-hydrogen) atoms. The van der Waals surface area contributed by atoms with Crippen LogP contribution in [-0.4, -0.2) is 23.1 Å². The minimum absolute atomic E-state index is 0.0631. The van der Waals surface area contributed by atoms with Gasteiger partial charge in [0.1, 0.15) is 5.75 Å². The Hall–Kier alpha value is -2.04. The standard InChI is InChI=1S/C12H15NO4/c1-7(2)17-10-5-4-9(6-8(10)3)13-11(14)12(15)16/h4-7H,1-3H3,(H,13,14)(H,15,16). The molecule has 0 aliphatic rings. The summed E-state index contributed by atoms with van der Waals surface area (Å²) in [4.78, 5) is 21.3. The Bertz CT molecular complexity index is 440. The number of ether oxygens (including phenoxy) is 1. The quantitative estimate of drug-likeness (QED) is 0.786. The van der Waals surface area contributed by atoms with Crippen LogP contribution in [0, 0.1) is 6.92 Å². The van der Waals surface area contributed by atoms with Crippen molar-refractivity contribution in [2.45, 2.75) is 26.9 Å².